The van der Waals surface area contributed by atoms with Gasteiger partial charge in [0.1, 0.15) is 0 Å². The molecule has 0 aliphatic heterocycles. The molecule has 2 unspecified atom stereocenters. The van der Waals surface area contributed by atoms with Gasteiger partial charge in [0.15, 0.2) is 0 Å². The maximum absolute atomic E-state index is 3.65. The topological polar surface area (TPSA) is 0 Å². The quantitative estimate of drug-likeness (QED) is 0.538. The molecule has 0 saturated heterocycles. The van der Waals surface area contributed by atoms with Crippen LogP contribution in [0.4, 0.5) is 0 Å². The lowest BCUT2D eigenvalue weighted by Gasteiger charge is -1.96. The lowest BCUT2D eigenvalue weighted by Crippen LogP contribution is -1.82. The summed E-state index contributed by atoms with van der Waals surface area (Å²) >= 11 is 3.65. The highest BCUT2D eigenvalue weighted by Crippen LogP contribution is 2.57. The summed E-state index contributed by atoms with van der Waals surface area (Å²) in [5, 5.41) is 0. The Morgan fingerprint density at radius 2 is 1.64 bits per heavy atom. The van der Waals surface area contributed by atoms with E-state index in [1.807, 2.05) is 0 Å². The molecule has 1 saturated carbocycles. The van der Waals surface area contributed by atoms with Crippen LogP contribution in [0.2, 0.25) is 0 Å². The predicted octanol–water partition coefficient (Wildman–Crippen LogP) is 2.88. The fourth-order valence-electron chi connectivity index (χ4n) is 2.21. The molecule has 0 heterocycles. The van der Waals surface area contributed by atoms with Crippen molar-refractivity contribution in [2.45, 2.75) is 0 Å². The Bertz CT molecular complexity index is 265. The van der Waals surface area contributed by atoms with Crippen molar-refractivity contribution in [1.82, 2.24) is 0 Å². The molecule has 4 aliphatic rings. The van der Waals surface area contributed by atoms with Crippen LogP contribution in [0.3, 0.4) is 0 Å². The van der Waals surface area contributed by atoms with Crippen LogP contribution in [0.1, 0.15) is 0 Å². The van der Waals surface area contributed by atoms with Crippen LogP contribution in [0.25, 0.3) is 0 Å². The fraction of sp³-hybridized carbons (Fsp3) is 0.400. The summed E-state index contributed by atoms with van der Waals surface area (Å²) in [5.41, 5.74) is 0. The van der Waals surface area contributed by atoms with E-state index in [4.69, 9.17) is 0 Å². The van der Waals surface area contributed by atoms with Crippen LogP contribution in [0.15, 0.2) is 34.9 Å². The largest absolute Gasteiger partial charge is 0.0833 e. The first-order valence-electron chi connectivity index (χ1n) is 4.10. The number of hydrogen-bond acceptors (Lipinski definition) is 0. The van der Waals surface area contributed by atoms with Gasteiger partial charge in [-0.3, -0.25) is 0 Å². The molecule has 11 heavy (non-hydrogen) atoms. The van der Waals surface area contributed by atoms with Gasteiger partial charge in [0.2, 0.25) is 0 Å². The average molecular weight is 209 g/mol. The molecule has 0 amide bonds. The van der Waals surface area contributed by atoms with E-state index in [1.165, 1.54) is 4.48 Å². The summed E-state index contributed by atoms with van der Waals surface area (Å²) < 4.78 is 1.42. The van der Waals surface area contributed by atoms with Crippen molar-refractivity contribution in [1.29, 1.82) is 0 Å². The van der Waals surface area contributed by atoms with Crippen LogP contribution < -0.4 is 0 Å². The molecule has 0 nitrogen and oxygen atoms in total. The van der Waals surface area contributed by atoms with Gasteiger partial charge in [-0.2, -0.15) is 0 Å². The van der Waals surface area contributed by atoms with Crippen molar-refractivity contribution in [2.24, 2.45) is 23.7 Å². The highest BCUT2D eigenvalue weighted by molar-refractivity contribution is 9.11. The summed E-state index contributed by atoms with van der Waals surface area (Å²) in [6, 6.07) is 0. The Morgan fingerprint density at radius 1 is 1.00 bits per heavy atom. The molecule has 0 spiro atoms. The van der Waals surface area contributed by atoms with Crippen molar-refractivity contribution in [3.63, 3.8) is 0 Å². The zero-order chi connectivity index (χ0) is 7.42. The van der Waals surface area contributed by atoms with Gasteiger partial charge >= 0.3 is 0 Å². The van der Waals surface area contributed by atoms with Gasteiger partial charge in [-0.15, -0.1) is 0 Å². The van der Waals surface area contributed by atoms with E-state index in [0.29, 0.717) is 5.92 Å². The molecule has 0 aromatic carbocycles. The smallest absolute Gasteiger partial charge is 0.0138 e. The van der Waals surface area contributed by atoms with Gasteiger partial charge in [0.05, 0.1) is 0 Å². The maximum atomic E-state index is 3.65. The van der Waals surface area contributed by atoms with Crippen molar-refractivity contribution in [3.8, 4) is 0 Å². The number of allylic oxidation sites excluding steroid dienone is 6. The molecular weight excluding hydrogens is 200 g/mol. The van der Waals surface area contributed by atoms with Crippen LogP contribution in [-0.2, 0) is 0 Å². The summed E-state index contributed by atoms with van der Waals surface area (Å²) in [6.07, 6.45) is 11.7. The molecule has 0 radical (unpaired) electrons. The Labute approximate surface area is 74.8 Å². The molecule has 1 fully saturated rings. The molecule has 4 bridgehead atoms. The molecule has 0 aromatic rings. The summed E-state index contributed by atoms with van der Waals surface area (Å²) in [7, 11) is 0. The van der Waals surface area contributed by atoms with E-state index in [2.05, 4.69) is 46.3 Å². The summed E-state index contributed by atoms with van der Waals surface area (Å²) in [4.78, 5) is 0. The first-order valence-corrected chi connectivity index (χ1v) is 4.89. The van der Waals surface area contributed by atoms with Crippen molar-refractivity contribution < 1.29 is 0 Å². The normalized spacial score (nSPS) is 50.1. The monoisotopic (exact) mass is 208 g/mol. The summed E-state index contributed by atoms with van der Waals surface area (Å²) in [5.74, 6) is 2.97. The second-order valence-corrected chi connectivity index (χ2v) is 4.49. The van der Waals surface area contributed by atoms with Gasteiger partial charge in [-0.05, 0) is 16.3 Å². The Kier molecular flexibility index (Phi) is 1.07. The minimum Gasteiger partial charge on any atom is -0.0833 e. The van der Waals surface area contributed by atoms with Gasteiger partial charge in [-0.1, -0.05) is 46.3 Å². The predicted molar refractivity (Wildman–Crippen MR) is 49.3 cm³/mol. The third-order valence-corrected chi connectivity index (χ3v) is 3.71. The molecule has 4 aliphatic carbocycles. The minimum absolute atomic E-state index is 0.560. The Balaban J connectivity index is 2.16. The third kappa shape index (κ3) is 0.750. The fourth-order valence-corrected chi connectivity index (χ4v) is 3.12. The molecule has 0 N–H and O–H groups in total. The lowest BCUT2D eigenvalue weighted by molar-refractivity contribution is 0.987. The SMILES string of the molecule is BrC1=CC2C=CC3C(C=C2)C13. The molecular formula is C10H9Br. The molecule has 56 valence electrons. The number of halogens is 1. The van der Waals surface area contributed by atoms with Crippen molar-refractivity contribution in [2.75, 3.05) is 0 Å². The minimum atomic E-state index is 0.560. The molecule has 4 rings (SSSR count). The maximum Gasteiger partial charge on any atom is 0.0138 e. The van der Waals surface area contributed by atoms with E-state index in [0.717, 1.165) is 17.8 Å². The van der Waals surface area contributed by atoms with Crippen molar-refractivity contribution in [3.05, 3.63) is 34.9 Å². The molecule has 1 heteroatoms. The average Bonchev–Trinajstić information content (AvgIpc) is 2.64. The van der Waals surface area contributed by atoms with Gasteiger partial charge in [0, 0.05) is 11.8 Å². The van der Waals surface area contributed by atoms with Crippen LogP contribution >= 0.6 is 15.9 Å². The second kappa shape index (κ2) is 1.89. The van der Waals surface area contributed by atoms with Crippen LogP contribution in [-0.4, -0.2) is 0 Å². The van der Waals surface area contributed by atoms with Crippen LogP contribution in [0, 0.1) is 23.7 Å². The second-order valence-electron chi connectivity index (χ2n) is 3.58. The zero-order valence-electron chi connectivity index (χ0n) is 6.07. The van der Waals surface area contributed by atoms with Gasteiger partial charge < -0.3 is 0 Å². The molecule has 2 atom stereocenters. The Morgan fingerprint density at radius 3 is 2.27 bits per heavy atom. The van der Waals surface area contributed by atoms with Gasteiger partial charge in [-0.25, -0.2) is 0 Å². The first-order chi connectivity index (χ1) is 5.36. The molecule has 0 aromatic heterocycles. The third-order valence-electron chi connectivity index (χ3n) is 2.91. The highest BCUT2D eigenvalue weighted by atomic mass is 79.9. The summed E-state index contributed by atoms with van der Waals surface area (Å²) in [6.45, 7) is 0. The highest BCUT2D eigenvalue weighted by Gasteiger charge is 2.50. The standard InChI is InChI=1S/C10H9Br/c11-9-5-6-1-3-7-8(4-2-6)10(7)9/h1-8,10H. The number of hydrogen-bond donors (Lipinski definition) is 0. The lowest BCUT2D eigenvalue weighted by atomic mass is 10.1. The zero-order valence-corrected chi connectivity index (χ0v) is 7.66. The first kappa shape index (κ1) is 6.24. The van der Waals surface area contributed by atoms with E-state index < -0.39 is 0 Å². The van der Waals surface area contributed by atoms with Gasteiger partial charge in [0.25, 0.3) is 0 Å². The van der Waals surface area contributed by atoms with E-state index in [1.54, 1.807) is 0 Å². The van der Waals surface area contributed by atoms with E-state index >= 15 is 0 Å². The van der Waals surface area contributed by atoms with Crippen molar-refractivity contribution >= 4 is 15.9 Å². The van der Waals surface area contributed by atoms with Crippen LogP contribution in [0.5, 0.6) is 0 Å². The van der Waals surface area contributed by atoms with E-state index in [9.17, 15) is 0 Å². The van der Waals surface area contributed by atoms with E-state index in [-0.39, 0.29) is 0 Å². The number of rotatable bonds is 0. The Hall–Kier alpha value is -0.300.